The molecule has 8 heteroatoms. The molecule has 0 radical (unpaired) electrons. The molecule has 1 fully saturated rings. The third-order valence-electron chi connectivity index (χ3n) is 5.69. The number of fused-ring (bicyclic) bond motifs is 1. The minimum atomic E-state index is -0.413. The summed E-state index contributed by atoms with van der Waals surface area (Å²) in [7, 11) is 0. The number of aromatic nitrogens is 4. The molecule has 2 aromatic carbocycles. The fourth-order valence-electron chi connectivity index (χ4n) is 4.16. The molecule has 0 unspecified atom stereocenters. The van der Waals surface area contributed by atoms with Crippen LogP contribution in [0, 0.1) is 11.6 Å². The highest BCUT2D eigenvalue weighted by molar-refractivity contribution is 5.99. The minimum absolute atomic E-state index is 0.225. The Hall–Kier alpha value is -3.55. The quantitative estimate of drug-likeness (QED) is 0.481. The van der Waals surface area contributed by atoms with Gasteiger partial charge < -0.3 is 11.1 Å². The number of rotatable bonds is 4. The van der Waals surface area contributed by atoms with Gasteiger partial charge in [-0.3, -0.25) is 0 Å². The monoisotopic (exact) mass is 420 g/mol. The summed E-state index contributed by atoms with van der Waals surface area (Å²) >= 11 is 0. The van der Waals surface area contributed by atoms with E-state index in [1.807, 2.05) is 0 Å². The van der Waals surface area contributed by atoms with E-state index in [2.05, 4.69) is 20.4 Å². The topological polar surface area (TPSA) is 81.7 Å². The highest BCUT2D eigenvalue weighted by Gasteiger charge is 2.22. The second kappa shape index (κ2) is 7.94. The number of nitrogens with two attached hydrogens (primary N) is 1. The van der Waals surface area contributed by atoms with Crippen molar-refractivity contribution in [1.82, 2.24) is 19.7 Å². The Morgan fingerprint density at radius 2 is 1.77 bits per heavy atom. The first-order valence-corrected chi connectivity index (χ1v) is 10.4. The van der Waals surface area contributed by atoms with Gasteiger partial charge in [0.1, 0.15) is 17.5 Å². The molecular weight excluding hydrogens is 398 g/mol. The summed E-state index contributed by atoms with van der Waals surface area (Å²) in [5, 5.41) is 8.32. The molecule has 0 amide bonds. The second-order valence-electron chi connectivity index (χ2n) is 7.83. The van der Waals surface area contributed by atoms with Crippen LogP contribution in [0.1, 0.15) is 32.1 Å². The van der Waals surface area contributed by atoms with Gasteiger partial charge in [0.15, 0.2) is 5.65 Å². The molecule has 0 saturated heterocycles. The fraction of sp³-hybridized carbons (Fsp3) is 0.261. The van der Waals surface area contributed by atoms with Crippen LogP contribution in [0.4, 0.5) is 20.5 Å². The molecule has 6 nitrogen and oxygen atoms in total. The fourth-order valence-corrected chi connectivity index (χ4v) is 4.16. The molecule has 2 aromatic heterocycles. The summed E-state index contributed by atoms with van der Waals surface area (Å²) in [5.74, 6) is -0.204. The SMILES string of the molecule is Nc1c2c(-c3ccccc3F)nc(NC3CCCCC3)nc2nn1-c1cccc(F)c1. The molecule has 2 heterocycles. The van der Waals surface area contributed by atoms with Gasteiger partial charge in [-0.05, 0) is 43.2 Å². The molecule has 1 saturated carbocycles. The van der Waals surface area contributed by atoms with Crippen LogP contribution in [0.5, 0.6) is 0 Å². The smallest absolute Gasteiger partial charge is 0.225 e. The van der Waals surface area contributed by atoms with Crippen molar-refractivity contribution in [3.63, 3.8) is 0 Å². The number of hydrogen-bond donors (Lipinski definition) is 2. The molecule has 4 aromatic rings. The molecule has 0 spiro atoms. The van der Waals surface area contributed by atoms with Crippen LogP contribution in [0.3, 0.4) is 0 Å². The van der Waals surface area contributed by atoms with Crippen LogP contribution in [0.2, 0.25) is 0 Å². The van der Waals surface area contributed by atoms with Gasteiger partial charge >= 0.3 is 0 Å². The maximum Gasteiger partial charge on any atom is 0.225 e. The van der Waals surface area contributed by atoms with E-state index in [0.29, 0.717) is 33.9 Å². The van der Waals surface area contributed by atoms with Crippen LogP contribution in [-0.4, -0.2) is 25.8 Å². The largest absolute Gasteiger partial charge is 0.383 e. The van der Waals surface area contributed by atoms with Crippen molar-refractivity contribution in [3.8, 4) is 16.9 Å². The first kappa shape index (κ1) is 19.4. The number of nitrogen functional groups attached to an aromatic ring is 1. The number of halogens is 2. The molecule has 31 heavy (non-hydrogen) atoms. The molecule has 5 rings (SSSR count). The van der Waals surface area contributed by atoms with E-state index >= 15 is 0 Å². The predicted octanol–water partition coefficient (Wildman–Crippen LogP) is 5.09. The van der Waals surface area contributed by atoms with Crippen molar-refractivity contribution >= 4 is 22.8 Å². The van der Waals surface area contributed by atoms with Crippen molar-refractivity contribution in [3.05, 3.63) is 60.2 Å². The van der Waals surface area contributed by atoms with Gasteiger partial charge in [0, 0.05) is 11.6 Å². The summed E-state index contributed by atoms with van der Waals surface area (Å²) < 4.78 is 29.9. The number of anilines is 2. The van der Waals surface area contributed by atoms with Gasteiger partial charge in [-0.25, -0.2) is 18.4 Å². The summed E-state index contributed by atoms with van der Waals surface area (Å²) in [6.07, 6.45) is 5.61. The molecule has 0 aliphatic heterocycles. The zero-order chi connectivity index (χ0) is 21.4. The normalized spacial score (nSPS) is 14.8. The Balaban J connectivity index is 1.70. The molecule has 1 aliphatic carbocycles. The van der Waals surface area contributed by atoms with Crippen molar-refractivity contribution < 1.29 is 8.78 Å². The first-order chi connectivity index (χ1) is 15.1. The third-order valence-corrected chi connectivity index (χ3v) is 5.69. The second-order valence-corrected chi connectivity index (χ2v) is 7.83. The zero-order valence-corrected chi connectivity index (χ0v) is 16.9. The Bertz CT molecular complexity index is 1250. The van der Waals surface area contributed by atoms with Crippen LogP contribution < -0.4 is 11.1 Å². The summed E-state index contributed by atoms with van der Waals surface area (Å²) in [4.78, 5) is 9.21. The summed E-state index contributed by atoms with van der Waals surface area (Å²) in [6.45, 7) is 0. The van der Waals surface area contributed by atoms with Crippen LogP contribution in [-0.2, 0) is 0 Å². The van der Waals surface area contributed by atoms with Gasteiger partial charge in [-0.15, -0.1) is 5.10 Å². The number of benzene rings is 2. The van der Waals surface area contributed by atoms with Gasteiger partial charge in [0.2, 0.25) is 5.95 Å². The molecular formula is C23H22F2N6. The number of hydrogen-bond acceptors (Lipinski definition) is 5. The van der Waals surface area contributed by atoms with Gasteiger partial charge in [0.05, 0.1) is 16.8 Å². The molecule has 158 valence electrons. The van der Waals surface area contributed by atoms with E-state index in [-0.39, 0.29) is 11.9 Å². The zero-order valence-electron chi connectivity index (χ0n) is 16.9. The van der Waals surface area contributed by atoms with E-state index in [0.717, 1.165) is 25.7 Å². The standard InChI is InChI=1S/C23H22F2N6/c24-14-7-6-10-16(13-14)31-21(26)19-20(17-11-4-5-12-18(17)25)28-23(29-22(19)30-31)27-15-8-2-1-3-9-15/h4-7,10-13,15H,1-3,8-9,26H2,(H,27,29,30). The van der Waals surface area contributed by atoms with Crippen molar-refractivity contribution in [1.29, 1.82) is 0 Å². The Labute approximate surface area is 178 Å². The Morgan fingerprint density at radius 3 is 2.55 bits per heavy atom. The maximum atomic E-state index is 14.7. The average Bonchev–Trinajstić information content (AvgIpc) is 3.11. The lowest BCUT2D eigenvalue weighted by molar-refractivity contribution is 0.461. The van der Waals surface area contributed by atoms with Gasteiger partial charge in [-0.2, -0.15) is 4.98 Å². The lowest BCUT2D eigenvalue weighted by atomic mass is 9.96. The maximum absolute atomic E-state index is 14.7. The van der Waals surface area contributed by atoms with Crippen molar-refractivity contribution in [2.75, 3.05) is 11.1 Å². The highest BCUT2D eigenvalue weighted by Crippen LogP contribution is 2.34. The van der Waals surface area contributed by atoms with Crippen LogP contribution >= 0.6 is 0 Å². The van der Waals surface area contributed by atoms with Crippen molar-refractivity contribution in [2.45, 2.75) is 38.1 Å². The minimum Gasteiger partial charge on any atom is -0.383 e. The van der Waals surface area contributed by atoms with E-state index in [4.69, 9.17) is 5.73 Å². The lowest BCUT2D eigenvalue weighted by Gasteiger charge is -2.22. The van der Waals surface area contributed by atoms with E-state index < -0.39 is 11.6 Å². The van der Waals surface area contributed by atoms with E-state index in [1.54, 1.807) is 30.3 Å². The highest BCUT2D eigenvalue weighted by atomic mass is 19.1. The molecule has 0 bridgehead atoms. The Morgan fingerprint density at radius 1 is 0.968 bits per heavy atom. The summed E-state index contributed by atoms with van der Waals surface area (Å²) in [5.41, 5.74) is 7.86. The number of nitrogens with zero attached hydrogens (tertiary/aromatic N) is 4. The van der Waals surface area contributed by atoms with Crippen LogP contribution in [0.25, 0.3) is 28.0 Å². The summed E-state index contributed by atoms with van der Waals surface area (Å²) in [6, 6.07) is 12.6. The van der Waals surface area contributed by atoms with Gasteiger partial charge in [0.25, 0.3) is 0 Å². The van der Waals surface area contributed by atoms with E-state index in [9.17, 15) is 8.78 Å². The average molecular weight is 420 g/mol. The number of nitrogens with one attached hydrogen (secondary N) is 1. The molecule has 1 aliphatic rings. The van der Waals surface area contributed by atoms with E-state index in [1.165, 1.54) is 29.3 Å². The van der Waals surface area contributed by atoms with Crippen molar-refractivity contribution in [2.24, 2.45) is 0 Å². The molecule has 0 atom stereocenters. The van der Waals surface area contributed by atoms with Crippen LogP contribution in [0.15, 0.2) is 48.5 Å². The Kier molecular flexibility index (Phi) is 4.97. The first-order valence-electron chi connectivity index (χ1n) is 10.4. The lowest BCUT2D eigenvalue weighted by Crippen LogP contribution is -2.23. The van der Waals surface area contributed by atoms with Gasteiger partial charge in [-0.1, -0.05) is 37.5 Å². The third kappa shape index (κ3) is 3.69. The molecule has 3 N–H and O–H groups in total. The predicted molar refractivity (Wildman–Crippen MR) is 117 cm³/mol.